The maximum Gasteiger partial charge on any atom is 0.225 e. The maximum absolute atomic E-state index is 6.57. The molecule has 5 rings (SSSR count). The molecule has 3 fully saturated rings. The van der Waals surface area contributed by atoms with E-state index in [9.17, 15) is 0 Å². The summed E-state index contributed by atoms with van der Waals surface area (Å²) in [4.78, 5) is 14.7. The number of hydrogen-bond donors (Lipinski definition) is 0. The standard InChI is InChI=1S/C20H30N4O/c1-13-14-6-4-5-7-17(14)22-19(21-13)24-11-16-15(10-23(2)3)18-8-9-20(16,12-24)25-18/h15-16,18H,4-12H2,1-3H3/t15-,16+,18+,20+/m0/s1. The highest BCUT2D eigenvalue weighted by molar-refractivity contribution is 5.41. The normalized spacial score (nSPS) is 36.2. The van der Waals surface area contributed by atoms with Gasteiger partial charge in [-0.15, -0.1) is 0 Å². The summed E-state index contributed by atoms with van der Waals surface area (Å²) in [5.41, 5.74) is 3.98. The molecule has 1 aromatic rings. The van der Waals surface area contributed by atoms with Gasteiger partial charge < -0.3 is 14.5 Å². The third kappa shape index (κ3) is 2.42. The quantitative estimate of drug-likeness (QED) is 0.842. The molecule has 1 spiro atoms. The fourth-order valence-electron chi connectivity index (χ4n) is 5.92. The van der Waals surface area contributed by atoms with Crippen LogP contribution in [0.1, 0.15) is 42.6 Å². The molecule has 2 bridgehead atoms. The van der Waals surface area contributed by atoms with Crippen molar-refractivity contribution in [2.75, 3.05) is 38.6 Å². The monoisotopic (exact) mass is 342 g/mol. The fourth-order valence-corrected chi connectivity index (χ4v) is 5.92. The van der Waals surface area contributed by atoms with E-state index in [-0.39, 0.29) is 5.60 Å². The molecule has 0 saturated carbocycles. The molecule has 5 heteroatoms. The van der Waals surface area contributed by atoms with E-state index in [0.717, 1.165) is 38.4 Å². The van der Waals surface area contributed by atoms with Gasteiger partial charge >= 0.3 is 0 Å². The molecule has 5 nitrogen and oxygen atoms in total. The number of anilines is 1. The van der Waals surface area contributed by atoms with Gasteiger partial charge in [0.05, 0.1) is 18.2 Å². The van der Waals surface area contributed by atoms with Crippen LogP contribution in [-0.4, -0.2) is 60.3 Å². The summed E-state index contributed by atoms with van der Waals surface area (Å²) in [5.74, 6) is 2.25. The van der Waals surface area contributed by atoms with Crippen molar-refractivity contribution in [2.24, 2.45) is 11.8 Å². The van der Waals surface area contributed by atoms with Crippen LogP contribution in [0.5, 0.6) is 0 Å². The van der Waals surface area contributed by atoms with Crippen LogP contribution in [0.15, 0.2) is 0 Å². The molecule has 0 N–H and O–H groups in total. The Kier molecular flexibility index (Phi) is 3.62. The Morgan fingerprint density at radius 1 is 1.24 bits per heavy atom. The number of rotatable bonds is 3. The second-order valence-corrected chi connectivity index (χ2v) is 8.91. The number of aryl methyl sites for hydroxylation is 2. The van der Waals surface area contributed by atoms with E-state index in [1.54, 1.807) is 0 Å². The Bertz CT molecular complexity index is 691. The van der Waals surface area contributed by atoms with E-state index in [4.69, 9.17) is 14.7 Å². The first-order valence-corrected chi connectivity index (χ1v) is 10.00. The smallest absolute Gasteiger partial charge is 0.225 e. The van der Waals surface area contributed by atoms with Crippen LogP contribution in [0.4, 0.5) is 5.95 Å². The largest absolute Gasteiger partial charge is 0.369 e. The van der Waals surface area contributed by atoms with Gasteiger partial charge in [0.2, 0.25) is 5.95 Å². The molecular formula is C20H30N4O. The Balaban J connectivity index is 1.43. The molecular weight excluding hydrogens is 312 g/mol. The molecule has 4 atom stereocenters. The van der Waals surface area contributed by atoms with Crippen molar-refractivity contribution in [1.82, 2.24) is 14.9 Å². The van der Waals surface area contributed by atoms with Crippen molar-refractivity contribution < 1.29 is 4.74 Å². The Hall–Kier alpha value is -1.20. The molecule has 0 unspecified atom stereocenters. The molecule has 1 aromatic heterocycles. The molecule has 0 aromatic carbocycles. The van der Waals surface area contributed by atoms with Crippen molar-refractivity contribution in [3.63, 3.8) is 0 Å². The topological polar surface area (TPSA) is 41.5 Å². The highest BCUT2D eigenvalue weighted by Crippen LogP contribution is 2.55. The predicted octanol–water partition coefficient (Wildman–Crippen LogP) is 2.21. The van der Waals surface area contributed by atoms with E-state index >= 15 is 0 Å². The van der Waals surface area contributed by atoms with Gasteiger partial charge in [-0.05, 0) is 65.1 Å². The molecule has 1 aliphatic carbocycles. The lowest BCUT2D eigenvalue weighted by atomic mass is 9.73. The molecule has 136 valence electrons. The van der Waals surface area contributed by atoms with Crippen LogP contribution in [0.25, 0.3) is 0 Å². The van der Waals surface area contributed by atoms with Gasteiger partial charge in [-0.1, -0.05) is 0 Å². The zero-order chi connectivity index (χ0) is 17.2. The number of ether oxygens (including phenoxy) is 1. The van der Waals surface area contributed by atoms with Gasteiger partial charge in [-0.25, -0.2) is 9.97 Å². The molecule has 3 saturated heterocycles. The van der Waals surface area contributed by atoms with Crippen LogP contribution in [0.2, 0.25) is 0 Å². The predicted molar refractivity (Wildman–Crippen MR) is 98.0 cm³/mol. The minimum Gasteiger partial charge on any atom is -0.369 e. The SMILES string of the molecule is Cc1nc(N2C[C@@H]3[C@H](CN(C)C)[C@H]4CC[C@]3(C2)O4)nc2c1CCCC2. The molecule has 25 heavy (non-hydrogen) atoms. The van der Waals surface area contributed by atoms with Gasteiger partial charge in [0, 0.05) is 36.3 Å². The lowest BCUT2D eigenvalue weighted by Crippen LogP contribution is -2.40. The average Bonchev–Trinajstić information content (AvgIpc) is 3.24. The number of nitrogens with zero attached hydrogens (tertiary/aromatic N) is 4. The van der Waals surface area contributed by atoms with Crippen LogP contribution in [0.3, 0.4) is 0 Å². The summed E-state index contributed by atoms with van der Waals surface area (Å²) in [6, 6.07) is 0. The van der Waals surface area contributed by atoms with Crippen molar-refractivity contribution in [3.8, 4) is 0 Å². The van der Waals surface area contributed by atoms with E-state index in [1.807, 2.05) is 0 Å². The summed E-state index contributed by atoms with van der Waals surface area (Å²) in [6.45, 7) is 5.35. The molecule has 0 amide bonds. The van der Waals surface area contributed by atoms with Crippen LogP contribution >= 0.6 is 0 Å². The summed E-state index contributed by atoms with van der Waals surface area (Å²) in [5, 5.41) is 0. The average molecular weight is 342 g/mol. The first-order chi connectivity index (χ1) is 12.1. The maximum atomic E-state index is 6.57. The fraction of sp³-hybridized carbons (Fsp3) is 0.800. The summed E-state index contributed by atoms with van der Waals surface area (Å²) in [7, 11) is 4.36. The van der Waals surface area contributed by atoms with Crippen LogP contribution in [0, 0.1) is 18.8 Å². The number of fused-ring (bicyclic) bond motifs is 2. The summed E-state index contributed by atoms with van der Waals surface area (Å²) in [6.07, 6.45) is 7.75. The first kappa shape index (κ1) is 16.0. The zero-order valence-corrected chi connectivity index (χ0v) is 15.8. The zero-order valence-electron chi connectivity index (χ0n) is 15.8. The van der Waals surface area contributed by atoms with Gasteiger partial charge in [0.1, 0.15) is 0 Å². The lowest BCUT2D eigenvalue weighted by Gasteiger charge is -2.30. The van der Waals surface area contributed by atoms with Crippen molar-refractivity contribution in [3.05, 3.63) is 17.0 Å². The van der Waals surface area contributed by atoms with Crippen molar-refractivity contribution >= 4 is 5.95 Å². The van der Waals surface area contributed by atoms with Gasteiger partial charge in [0.25, 0.3) is 0 Å². The second-order valence-electron chi connectivity index (χ2n) is 8.91. The highest BCUT2D eigenvalue weighted by Gasteiger charge is 2.63. The van der Waals surface area contributed by atoms with Crippen molar-refractivity contribution in [2.45, 2.75) is 57.2 Å². The Labute approximate surface area is 150 Å². The van der Waals surface area contributed by atoms with E-state index in [1.165, 1.54) is 42.6 Å². The molecule has 3 aliphatic heterocycles. The molecule has 4 aliphatic rings. The third-order valence-corrected chi connectivity index (χ3v) is 7.02. The second kappa shape index (κ2) is 5.65. The highest BCUT2D eigenvalue weighted by atomic mass is 16.5. The minimum absolute atomic E-state index is 0.0680. The van der Waals surface area contributed by atoms with Crippen LogP contribution in [-0.2, 0) is 17.6 Å². The van der Waals surface area contributed by atoms with E-state index in [2.05, 4.69) is 30.8 Å². The minimum atomic E-state index is 0.0680. The first-order valence-electron chi connectivity index (χ1n) is 10.00. The van der Waals surface area contributed by atoms with E-state index in [0.29, 0.717) is 17.9 Å². The van der Waals surface area contributed by atoms with Crippen molar-refractivity contribution in [1.29, 1.82) is 0 Å². The summed E-state index contributed by atoms with van der Waals surface area (Å²) < 4.78 is 6.57. The molecule has 4 heterocycles. The van der Waals surface area contributed by atoms with Crippen LogP contribution < -0.4 is 4.90 Å². The lowest BCUT2D eigenvalue weighted by molar-refractivity contribution is 0.0136. The van der Waals surface area contributed by atoms with E-state index < -0.39 is 0 Å². The third-order valence-electron chi connectivity index (χ3n) is 7.02. The number of aromatic nitrogens is 2. The summed E-state index contributed by atoms with van der Waals surface area (Å²) >= 11 is 0. The van der Waals surface area contributed by atoms with Gasteiger partial charge in [0.15, 0.2) is 0 Å². The Morgan fingerprint density at radius 3 is 2.92 bits per heavy atom. The van der Waals surface area contributed by atoms with Gasteiger partial charge in [-0.2, -0.15) is 0 Å². The molecule has 0 radical (unpaired) electrons. The number of hydrogen-bond acceptors (Lipinski definition) is 5. The Morgan fingerprint density at radius 2 is 2.08 bits per heavy atom. The van der Waals surface area contributed by atoms with Gasteiger partial charge in [-0.3, -0.25) is 0 Å².